The molecule has 2 heterocycles. The monoisotopic (exact) mass is 482 g/mol. The van der Waals surface area contributed by atoms with Crippen LogP contribution in [-0.4, -0.2) is 77.9 Å². The first-order valence-corrected chi connectivity index (χ1v) is 9.47. The molecule has 0 aromatic heterocycles. The largest absolute Gasteiger partial charge is 0.444 e. The van der Waals surface area contributed by atoms with Crippen LogP contribution in [0.25, 0.3) is 0 Å². The second-order valence-corrected chi connectivity index (χ2v) is 8.02. The molecule has 0 aromatic rings. The van der Waals surface area contributed by atoms with Crippen molar-refractivity contribution in [3.05, 3.63) is 0 Å². The van der Waals surface area contributed by atoms with Crippen LogP contribution in [-0.2, 0) is 4.74 Å². The Morgan fingerprint density at radius 3 is 2.54 bits per heavy atom. The number of hydrogen-bond acceptors (Lipinski definition) is 4. The fraction of sp³-hybridized carbons (Fsp3) is 0.889. The molecule has 2 rings (SSSR count). The zero-order valence-corrected chi connectivity index (χ0v) is 18.9. The van der Waals surface area contributed by atoms with Gasteiger partial charge in [0.15, 0.2) is 5.96 Å². The summed E-state index contributed by atoms with van der Waals surface area (Å²) >= 11 is 0. The minimum Gasteiger partial charge on any atom is -0.444 e. The minimum atomic E-state index is -0.461. The lowest BCUT2D eigenvalue weighted by Gasteiger charge is -2.33. The van der Waals surface area contributed by atoms with Crippen LogP contribution in [0.2, 0.25) is 0 Å². The van der Waals surface area contributed by atoms with Crippen molar-refractivity contribution >= 4 is 36.0 Å². The van der Waals surface area contributed by atoms with Crippen LogP contribution in [0.4, 0.5) is 4.79 Å². The Morgan fingerprint density at radius 1 is 1.23 bits per heavy atom. The van der Waals surface area contributed by atoms with Crippen molar-refractivity contribution < 1.29 is 14.6 Å². The van der Waals surface area contributed by atoms with Crippen molar-refractivity contribution in [1.82, 2.24) is 15.1 Å². The summed E-state index contributed by atoms with van der Waals surface area (Å²) in [7, 11) is 0. The number of β-amino-alcohol motifs (C(OH)–C–C–N with tert-alkyl or cyclic N) is 1. The molecule has 152 valence electrons. The summed E-state index contributed by atoms with van der Waals surface area (Å²) < 4.78 is 5.49. The zero-order chi connectivity index (χ0) is 18.4. The first kappa shape index (κ1) is 23.3. The fourth-order valence-electron chi connectivity index (χ4n) is 3.28. The number of aliphatic hydroxyl groups excluding tert-OH is 1. The lowest BCUT2D eigenvalue weighted by Crippen LogP contribution is -2.44. The van der Waals surface area contributed by atoms with Gasteiger partial charge in [-0.3, -0.25) is 4.99 Å². The Bertz CT molecular complexity index is 482. The zero-order valence-electron chi connectivity index (χ0n) is 16.5. The maximum atomic E-state index is 12.3. The van der Waals surface area contributed by atoms with E-state index in [1.54, 1.807) is 0 Å². The summed E-state index contributed by atoms with van der Waals surface area (Å²) in [5, 5.41) is 13.0. The standard InChI is InChI=1S/C18H34N4O3.HI/c1-5-19-16(21-10-8-15(23)13-21)20-11-14-7-6-9-22(12-14)17(24)25-18(2,3)4;/h14-15,23H,5-13H2,1-4H3,(H,19,20);1H/t14?,15-;/m1./s1. The normalized spacial score (nSPS) is 24.3. The number of nitrogens with one attached hydrogen (secondary N) is 1. The van der Waals surface area contributed by atoms with Gasteiger partial charge in [-0.25, -0.2) is 4.79 Å². The van der Waals surface area contributed by atoms with Crippen LogP contribution in [0.15, 0.2) is 4.99 Å². The van der Waals surface area contributed by atoms with Crippen molar-refractivity contribution in [3.63, 3.8) is 0 Å². The number of guanidine groups is 1. The van der Waals surface area contributed by atoms with Crippen molar-refractivity contribution in [1.29, 1.82) is 0 Å². The van der Waals surface area contributed by atoms with Crippen LogP contribution >= 0.6 is 24.0 Å². The molecule has 2 fully saturated rings. The van der Waals surface area contributed by atoms with E-state index in [0.29, 0.717) is 25.6 Å². The number of halogens is 1. The van der Waals surface area contributed by atoms with Crippen LogP contribution < -0.4 is 5.32 Å². The molecule has 2 aliphatic rings. The van der Waals surface area contributed by atoms with Crippen molar-refractivity contribution in [2.24, 2.45) is 10.9 Å². The molecule has 2 aliphatic heterocycles. The number of amides is 1. The Balaban J connectivity index is 0.00000338. The first-order valence-electron chi connectivity index (χ1n) is 9.47. The summed E-state index contributed by atoms with van der Waals surface area (Å²) in [5.74, 6) is 1.22. The summed E-state index contributed by atoms with van der Waals surface area (Å²) in [6.45, 7) is 12.1. The average molecular weight is 482 g/mol. The molecule has 26 heavy (non-hydrogen) atoms. The number of hydrogen-bond donors (Lipinski definition) is 2. The molecule has 7 nitrogen and oxygen atoms in total. The molecular weight excluding hydrogens is 447 g/mol. The molecular formula is C18H35IN4O3. The lowest BCUT2D eigenvalue weighted by atomic mass is 9.98. The highest BCUT2D eigenvalue weighted by molar-refractivity contribution is 14.0. The van der Waals surface area contributed by atoms with Gasteiger partial charge in [0.25, 0.3) is 0 Å². The van der Waals surface area contributed by atoms with Gasteiger partial charge in [-0.15, -0.1) is 24.0 Å². The van der Waals surface area contributed by atoms with Gasteiger partial charge >= 0.3 is 6.09 Å². The van der Waals surface area contributed by atoms with Crippen molar-refractivity contribution in [3.8, 4) is 0 Å². The van der Waals surface area contributed by atoms with E-state index >= 15 is 0 Å². The Kier molecular flexibility index (Phi) is 9.43. The molecule has 0 spiro atoms. The topological polar surface area (TPSA) is 77.4 Å². The van der Waals surface area contributed by atoms with Gasteiger partial charge in [-0.1, -0.05) is 0 Å². The smallest absolute Gasteiger partial charge is 0.410 e. The molecule has 0 radical (unpaired) electrons. The Labute approximate surface area is 174 Å². The summed E-state index contributed by atoms with van der Waals surface area (Å²) in [6, 6.07) is 0. The van der Waals surface area contributed by atoms with Gasteiger partial charge in [-0.2, -0.15) is 0 Å². The second kappa shape index (κ2) is 10.5. The van der Waals surface area contributed by atoms with Crippen LogP contribution in [0.5, 0.6) is 0 Å². The van der Waals surface area contributed by atoms with E-state index in [9.17, 15) is 9.90 Å². The van der Waals surface area contributed by atoms with Crippen LogP contribution in [0.1, 0.15) is 47.0 Å². The fourth-order valence-corrected chi connectivity index (χ4v) is 3.28. The average Bonchev–Trinajstić information content (AvgIpc) is 2.96. The van der Waals surface area contributed by atoms with Gasteiger partial charge in [0.2, 0.25) is 0 Å². The highest BCUT2D eigenvalue weighted by Crippen LogP contribution is 2.20. The van der Waals surface area contributed by atoms with Crippen LogP contribution in [0.3, 0.4) is 0 Å². The highest BCUT2D eigenvalue weighted by atomic mass is 127. The van der Waals surface area contributed by atoms with E-state index < -0.39 is 5.60 Å². The second-order valence-electron chi connectivity index (χ2n) is 8.02. The number of likely N-dealkylation sites (tertiary alicyclic amines) is 2. The molecule has 2 saturated heterocycles. The lowest BCUT2D eigenvalue weighted by molar-refractivity contribution is 0.0170. The van der Waals surface area contributed by atoms with E-state index in [-0.39, 0.29) is 36.2 Å². The quantitative estimate of drug-likeness (QED) is 0.367. The number of aliphatic imine (C=N–C) groups is 1. The van der Waals surface area contributed by atoms with Gasteiger partial charge in [0.05, 0.1) is 6.10 Å². The number of nitrogens with zero attached hydrogens (tertiary/aromatic N) is 3. The molecule has 1 amide bonds. The summed E-state index contributed by atoms with van der Waals surface area (Å²) in [6.07, 6.45) is 2.36. The molecule has 2 atom stereocenters. The number of piperidine rings is 1. The van der Waals surface area contributed by atoms with E-state index in [2.05, 4.69) is 10.2 Å². The highest BCUT2D eigenvalue weighted by Gasteiger charge is 2.28. The number of ether oxygens (including phenoxy) is 1. The molecule has 1 unspecified atom stereocenters. The van der Waals surface area contributed by atoms with Gasteiger partial charge in [-0.05, 0) is 52.9 Å². The molecule has 8 heteroatoms. The molecule has 0 saturated carbocycles. The number of carbonyl (C=O) groups excluding carboxylic acids is 1. The third kappa shape index (κ3) is 7.46. The number of rotatable bonds is 3. The van der Waals surface area contributed by atoms with Crippen LogP contribution in [0, 0.1) is 5.92 Å². The molecule has 0 aromatic carbocycles. The van der Waals surface area contributed by atoms with Gasteiger partial charge in [0.1, 0.15) is 5.60 Å². The van der Waals surface area contributed by atoms with E-state index in [1.807, 2.05) is 32.6 Å². The number of carbonyl (C=O) groups is 1. The predicted octanol–water partition coefficient (Wildman–Crippen LogP) is 2.28. The van der Waals surface area contributed by atoms with Crippen molar-refractivity contribution in [2.75, 3.05) is 39.3 Å². The molecule has 0 bridgehead atoms. The third-order valence-corrected chi connectivity index (χ3v) is 4.47. The SMILES string of the molecule is CCNC(=NCC1CCCN(C(=O)OC(C)(C)C)C1)N1CC[C@@H](O)C1.I. The van der Waals surface area contributed by atoms with Gasteiger partial charge < -0.3 is 25.0 Å². The summed E-state index contributed by atoms with van der Waals surface area (Å²) in [4.78, 5) is 20.9. The molecule has 2 N–H and O–H groups in total. The molecule has 0 aliphatic carbocycles. The predicted molar refractivity (Wildman–Crippen MR) is 114 cm³/mol. The Morgan fingerprint density at radius 2 is 1.96 bits per heavy atom. The maximum Gasteiger partial charge on any atom is 0.410 e. The first-order chi connectivity index (χ1) is 11.8. The Hall–Kier alpha value is -0.770. The third-order valence-electron chi connectivity index (χ3n) is 4.47. The maximum absolute atomic E-state index is 12.3. The van der Waals surface area contributed by atoms with E-state index in [4.69, 9.17) is 9.73 Å². The number of aliphatic hydroxyl groups is 1. The van der Waals surface area contributed by atoms with E-state index in [1.165, 1.54) is 0 Å². The van der Waals surface area contributed by atoms with Crippen molar-refractivity contribution in [2.45, 2.75) is 58.7 Å². The summed E-state index contributed by atoms with van der Waals surface area (Å²) in [5.41, 5.74) is -0.461. The minimum absolute atomic E-state index is 0. The van der Waals surface area contributed by atoms with E-state index in [0.717, 1.165) is 44.9 Å². The van der Waals surface area contributed by atoms with Gasteiger partial charge in [0, 0.05) is 39.3 Å².